The summed E-state index contributed by atoms with van der Waals surface area (Å²) in [6.07, 6.45) is 5.60. The van der Waals surface area contributed by atoms with Gasteiger partial charge >= 0.3 is 0 Å². The van der Waals surface area contributed by atoms with Crippen LogP contribution in [0.1, 0.15) is 34.5 Å². The number of amides is 1. The van der Waals surface area contributed by atoms with E-state index < -0.39 is 0 Å². The zero-order valence-corrected chi connectivity index (χ0v) is 16.6. The van der Waals surface area contributed by atoms with Gasteiger partial charge in [0.15, 0.2) is 0 Å². The Labute approximate surface area is 171 Å². The lowest BCUT2D eigenvalue weighted by molar-refractivity contribution is 0.0945. The van der Waals surface area contributed by atoms with E-state index in [9.17, 15) is 4.79 Å². The third-order valence-corrected chi connectivity index (χ3v) is 5.07. The van der Waals surface area contributed by atoms with E-state index in [4.69, 9.17) is 0 Å². The van der Waals surface area contributed by atoms with E-state index in [1.54, 1.807) is 6.20 Å². The standard InChI is InChI=1S/C23H25N5O/c1-17-4-6-18(7-5-17)14-26-23(29)21-15-25-22(16-24-21)27-19-8-10-20(11-9-19)28-12-2-3-13-28/h4-11,15-16H,2-3,12-14H2,1H3,(H,25,27)(H,26,29). The smallest absolute Gasteiger partial charge is 0.271 e. The number of hydrogen-bond donors (Lipinski definition) is 2. The van der Waals surface area contributed by atoms with Crippen LogP contribution in [0.15, 0.2) is 60.9 Å². The molecule has 148 valence electrons. The molecule has 2 aromatic carbocycles. The Morgan fingerprint density at radius 3 is 2.34 bits per heavy atom. The Hall–Kier alpha value is -3.41. The fourth-order valence-electron chi connectivity index (χ4n) is 3.37. The average molecular weight is 387 g/mol. The molecule has 4 rings (SSSR count). The molecule has 6 heteroatoms. The molecular weight excluding hydrogens is 362 g/mol. The van der Waals surface area contributed by atoms with Crippen molar-refractivity contribution in [3.8, 4) is 0 Å². The Bertz CT molecular complexity index is 946. The van der Waals surface area contributed by atoms with E-state index in [0.717, 1.165) is 24.3 Å². The number of aryl methyl sites for hydroxylation is 1. The number of hydrogen-bond acceptors (Lipinski definition) is 5. The second kappa shape index (κ2) is 8.73. The number of carbonyl (C=O) groups excluding carboxylic acids is 1. The molecule has 1 aromatic heterocycles. The normalized spacial score (nSPS) is 13.3. The van der Waals surface area contributed by atoms with Gasteiger partial charge in [0.25, 0.3) is 5.91 Å². The van der Waals surface area contributed by atoms with E-state index in [2.05, 4.69) is 37.6 Å². The minimum absolute atomic E-state index is 0.236. The lowest BCUT2D eigenvalue weighted by Crippen LogP contribution is -2.24. The molecule has 3 aromatic rings. The summed E-state index contributed by atoms with van der Waals surface area (Å²) < 4.78 is 0. The van der Waals surface area contributed by atoms with Crippen molar-refractivity contribution >= 4 is 23.1 Å². The maximum Gasteiger partial charge on any atom is 0.271 e. The molecule has 1 aliphatic heterocycles. The summed E-state index contributed by atoms with van der Waals surface area (Å²) in [6, 6.07) is 16.4. The van der Waals surface area contributed by atoms with Crippen LogP contribution in [0.25, 0.3) is 0 Å². The zero-order chi connectivity index (χ0) is 20.1. The van der Waals surface area contributed by atoms with E-state index in [0.29, 0.717) is 18.1 Å². The summed E-state index contributed by atoms with van der Waals surface area (Å²) in [5.74, 6) is 0.369. The monoisotopic (exact) mass is 387 g/mol. The number of carbonyl (C=O) groups is 1. The van der Waals surface area contributed by atoms with Crippen LogP contribution >= 0.6 is 0 Å². The zero-order valence-electron chi connectivity index (χ0n) is 16.6. The molecule has 0 atom stereocenters. The Kier molecular flexibility index (Phi) is 5.70. The Morgan fingerprint density at radius 1 is 0.966 bits per heavy atom. The predicted molar refractivity (Wildman–Crippen MR) is 116 cm³/mol. The molecule has 0 radical (unpaired) electrons. The van der Waals surface area contributed by atoms with Crippen molar-refractivity contribution in [2.45, 2.75) is 26.3 Å². The van der Waals surface area contributed by atoms with Crippen LogP contribution in [-0.4, -0.2) is 29.0 Å². The van der Waals surface area contributed by atoms with Gasteiger partial charge in [0.1, 0.15) is 11.5 Å². The van der Waals surface area contributed by atoms with Gasteiger partial charge in [-0.05, 0) is 49.6 Å². The first kappa shape index (κ1) is 18.9. The molecule has 29 heavy (non-hydrogen) atoms. The topological polar surface area (TPSA) is 70.2 Å². The van der Waals surface area contributed by atoms with Gasteiger partial charge in [-0.2, -0.15) is 0 Å². The van der Waals surface area contributed by atoms with Crippen LogP contribution in [0.2, 0.25) is 0 Å². The van der Waals surface area contributed by atoms with Gasteiger partial charge in [-0.1, -0.05) is 29.8 Å². The van der Waals surface area contributed by atoms with Gasteiger partial charge in [0.2, 0.25) is 0 Å². The van der Waals surface area contributed by atoms with Gasteiger partial charge < -0.3 is 15.5 Å². The van der Waals surface area contributed by atoms with Crippen LogP contribution in [0.4, 0.5) is 17.2 Å². The summed E-state index contributed by atoms with van der Waals surface area (Å²) in [4.78, 5) is 23.2. The number of anilines is 3. The first-order chi connectivity index (χ1) is 14.2. The minimum atomic E-state index is -0.236. The van der Waals surface area contributed by atoms with Gasteiger partial charge in [0, 0.05) is 31.0 Å². The SMILES string of the molecule is Cc1ccc(CNC(=O)c2cnc(Nc3ccc(N4CCCC4)cc3)cn2)cc1. The molecule has 0 aliphatic carbocycles. The van der Waals surface area contributed by atoms with E-state index >= 15 is 0 Å². The quantitative estimate of drug-likeness (QED) is 0.667. The van der Waals surface area contributed by atoms with Crippen LogP contribution < -0.4 is 15.5 Å². The molecule has 1 amide bonds. The number of nitrogens with one attached hydrogen (secondary N) is 2. The fourth-order valence-corrected chi connectivity index (χ4v) is 3.37. The first-order valence-corrected chi connectivity index (χ1v) is 9.95. The molecule has 0 bridgehead atoms. The summed E-state index contributed by atoms with van der Waals surface area (Å²) in [7, 11) is 0. The number of aromatic nitrogens is 2. The molecule has 1 saturated heterocycles. The van der Waals surface area contributed by atoms with Gasteiger partial charge in [-0.15, -0.1) is 0 Å². The van der Waals surface area contributed by atoms with Crippen molar-refractivity contribution in [2.24, 2.45) is 0 Å². The molecule has 2 N–H and O–H groups in total. The van der Waals surface area contributed by atoms with Crippen molar-refractivity contribution < 1.29 is 4.79 Å². The molecule has 1 fully saturated rings. The Morgan fingerprint density at radius 2 is 1.69 bits per heavy atom. The number of benzene rings is 2. The largest absolute Gasteiger partial charge is 0.372 e. The van der Waals surface area contributed by atoms with Crippen molar-refractivity contribution in [1.29, 1.82) is 0 Å². The first-order valence-electron chi connectivity index (χ1n) is 9.95. The summed E-state index contributed by atoms with van der Waals surface area (Å²) >= 11 is 0. The van der Waals surface area contributed by atoms with Crippen molar-refractivity contribution in [1.82, 2.24) is 15.3 Å². The van der Waals surface area contributed by atoms with E-state index in [-0.39, 0.29) is 5.91 Å². The third kappa shape index (κ3) is 4.90. The van der Waals surface area contributed by atoms with Gasteiger partial charge in [0.05, 0.1) is 12.4 Å². The second-order valence-electron chi connectivity index (χ2n) is 7.32. The maximum absolute atomic E-state index is 12.3. The van der Waals surface area contributed by atoms with Crippen LogP contribution in [-0.2, 0) is 6.54 Å². The second-order valence-corrected chi connectivity index (χ2v) is 7.32. The molecule has 2 heterocycles. The fraction of sp³-hybridized carbons (Fsp3) is 0.261. The van der Waals surface area contributed by atoms with Crippen LogP contribution in [0.5, 0.6) is 0 Å². The van der Waals surface area contributed by atoms with Crippen molar-refractivity contribution in [3.63, 3.8) is 0 Å². The van der Waals surface area contributed by atoms with E-state index in [1.165, 1.54) is 30.3 Å². The molecule has 0 unspecified atom stereocenters. The predicted octanol–water partition coefficient (Wildman–Crippen LogP) is 4.06. The van der Waals surface area contributed by atoms with Crippen LogP contribution in [0.3, 0.4) is 0 Å². The van der Waals surface area contributed by atoms with Gasteiger partial charge in [-0.25, -0.2) is 9.97 Å². The highest BCUT2D eigenvalue weighted by Gasteiger charge is 2.12. The lowest BCUT2D eigenvalue weighted by Gasteiger charge is -2.17. The Balaban J connectivity index is 1.32. The molecular formula is C23H25N5O. The highest BCUT2D eigenvalue weighted by molar-refractivity contribution is 5.92. The highest BCUT2D eigenvalue weighted by Crippen LogP contribution is 2.23. The molecule has 6 nitrogen and oxygen atoms in total. The molecule has 0 saturated carbocycles. The van der Waals surface area contributed by atoms with E-state index in [1.807, 2.05) is 43.3 Å². The van der Waals surface area contributed by atoms with Gasteiger partial charge in [-0.3, -0.25) is 4.79 Å². The summed E-state index contributed by atoms with van der Waals surface area (Å²) in [5.41, 5.74) is 4.73. The maximum atomic E-state index is 12.3. The van der Waals surface area contributed by atoms with Crippen molar-refractivity contribution in [2.75, 3.05) is 23.3 Å². The average Bonchev–Trinajstić information content (AvgIpc) is 3.29. The third-order valence-electron chi connectivity index (χ3n) is 5.07. The molecule has 0 spiro atoms. The number of nitrogens with zero attached hydrogens (tertiary/aromatic N) is 3. The van der Waals surface area contributed by atoms with Crippen LogP contribution in [0, 0.1) is 6.92 Å². The summed E-state index contributed by atoms with van der Waals surface area (Å²) in [6.45, 7) is 4.76. The lowest BCUT2D eigenvalue weighted by atomic mass is 10.1. The summed E-state index contributed by atoms with van der Waals surface area (Å²) in [5, 5.41) is 6.10. The molecule has 1 aliphatic rings. The van der Waals surface area contributed by atoms with Crippen molar-refractivity contribution in [3.05, 3.63) is 77.7 Å². The highest BCUT2D eigenvalue weighted by atomic mass is 16.1. The number of rotatable bonds is 6. The minimum Gasteiger partial charge on any atom is -0.372 e.